The summed E-state index contributed by atoms with van der Waals surface area (Å²) in [6.07, 6.45) is -5.93. The molecule has 194 valence electrons. The number of nitrogen functional groups attached to an aromatic ring is 1. The molecule has 1 aliphatic carbocycles. The highest BCUT2D eigenvalue weighted by molar-refractivity contribution is 7.61. The second kappa shape index (κ2) is 8.76. The molecule has 2 unspecified atom stereocenters. The quantitative estimate of drug-likeness (QED) is 0.134. The van der Waals surface area contributed by atoms with Gasteiger partial charge in [-0.05, 0) is 6.42 Å². The Labute approximate surface area is 196 Å². The second-order valence-electron chi connectivity index (χ2n) is 8.56. The van der Waals surface area contributed by atoms with Crippen molar-refractivity contribution in [1.29, 1.82) is 0 Å². The number of fused-ring (bicyclic) bond motifs is 7. The Kier molecular flexibility index (Phi) is 6.28. The summed E-state index contributed by atoms with van der Waals surface area (Å²) in [7, 11) is -10.4. The van der Waals surface area contributed by atoms with Gasteiger partial charge in [-0.15, -0.1) is 0 Å². The number of nitrogens with zero attached hydrogens (tertiary/aromatic N) is 4. The Bertz CT molecular complexity index is 1230. The van der Waals surface area contributed by atoms with Crippen LogP contribution in [0.3, 0.4) is 0 Å². The third-order valence-corrected chi connectivity index (χ3v) is 8.99. The van der Waals surface area contributed by atoms with Gasteiger partial charge in [0.2, 0.25) is 12.0 Å². The van der Waals surface area contributed by atoms with Gasteiger partial charge in [0.15, 0.2) is 11.7 Å². The molecule has 19 heteroatoms. The maximum Gasteiger partial charge on any atom is 0.481 e. The summed E-state index contributed by atoms with van der Waals surface area (Å²) >= 11 is 0. The highest BCUT2D eigenvalue weighted by atomic mass is 31.3. The fraction of sp³-hybridized carbons (Fsp3) is 0.688. The van der Waals surface area contributed by atoms with E-state index in [1.54, 1.807) is 0 Å². The molecule has 0 radical (unpaired) electrons. The van der Waals surface area contributed by atoms with Crippen LogP contribution in [0.1, 0.15) is 18.7 Å². The first-order valence-electron chi connectivity index (χ1n) is 10.4. The van der Waals surface area contributed by atoms with Gasteiger partial charge in [-0.1, -0.05) is 4.98 Å². The minimum absolute atomic E-state index is 0.0245. The van der Waals surface area contributed by atoms with Crippen LogP contribution in [0.25, 0.3) is 11.2 Å². The van der Waals surface area contributed by atoms with Crippen molar-refractivity contribution >= 4 is 32.6 Å². The molecule has 0 aromatic carbocycles. The van der Waals surface area contributed by atoms with E-state index in [-0.39, 0.29) is 23.4 Å². The summed E-state index contributed by atoms with van der Waals surface area (Å²) in [4.78, 5) is 28.2. The van der Waals surface area contributed by atoms with Gasteiger partial charge in [0.25, 0.3) is 5.82 Å². The maximum atomic E-state index is 12.2. The SMILES string of the molecule is Nc1c2ncn3c2nc[n+]1[C@@H]1C[C@H](COP(=O)(O)OP(=O)(O)OC[C@H]2O[C@@H]3[C@H](O)[C@@H]2O)[C@@H](O)[C@H]1O. The van der Waals surface area contributed by atoms with Gasteiger partial charge in [-0.2, -0.15) is 4.31 Å². The van der Waals surface area contributed by atoms with Crippen LogP contribution in [-0.4, -0.2) is 88.5 Å². The highest BCUT2D eigenvalue weighted by Crippen LogP contribution is 2.61. The van der Waals surface area contributed by atoms with E-state index in [4.69, 9.17) is 15.0 Å². The number of rotatable bonds is 0. The van der Waals surface area contributed by atoms with Crippen molar-refractivity contribution in [2.45, 2.75) is 49.2 Å². The maximum absolute atomic E-state index is 12.2. The van der Waals surface area contributed by atoms with E-state index < -0.39 is 77.6 Å². The number of aliphatic hydroxyl groups is 4. The Balaban J connectivity index is 1.57. The zero-order chi connectivity index (χ0) is 25.3. The number of hydrogen-bond acceptors (Lipinski definition) is 13. The molecule has 6 rings (SSSR count). The zero-order valence-corrected chi connectivity index (χ0v) is 19.6. The van der Waals surface area contributed by atoms with E-state index in [0.29, 0.717) is 0 Å². The van der Waals surface area contributed by atoms with Gasteiger partial charge in [-0.3, -0.25) is 13.6 Å². The van der Waals surface area contributed by atoms with Crippen LogP contribution < -0.4 is 10.3 Å². The zero-order valence-electron chi connectivity index (χ0n) is 17.8. The predicted octanol–water partition coefficient (Wildman–Crippen LogP) is -2.53. The number of aromatic nitrogens is 4. The lowest BCUT2D eigenvalue weighted by Crippen LogP contribution is -2.48. The fourth-order valence-electron chi connectivity index (χ4n) is 4.59. The Morgan fingerprint density at radius 1 is 1.00 bits per heavy atom. The number of nitrogens with two attached hydrogens (primary N) is 1. The van der Waals surface area contributed by atoms with E-state index in [1.807, 2.05) is 0 Å². The summed E-state index contributed by atoms with van der Waals surface area (Å²) in [5.41, 5.74) is 6.61. The number of phosphoric acid groups is 2. The lowest BCUT2D eigenvalue weighted by molar-refractivity contribution is -0.717. The molecule has 4 aliphatic rings. The van der Waals surface area contributed by atoms with Crippen LogP contribution in [0.5, 0.6) is 0 Å². The van der Waals surface area contributed by atoms with Crippen LogP contribution in [0.15, 0.2) is 12.7 Å². The third kappa shape index (κ3) is 4.41. The average Bonchev–Trinajstić information content (AvgIpc) is 3.41. The van der Waals surface area contributed by atoms with E-state index >= 15 is 0 Å². The lowest BCUT2D eigenvalue weighted by Gasteiger charge is -2.20. The molecule has 8 bridgehead atoms. The molecule has 3 aliphatic heterocycles. The third-order valence-electron chi connectivity index (χ3n) is 6.39. The second-order valence-corrected chi connectivity index (χ2v) is 11.6. The molecule has 1 saturated carbocycles. The molecule has 2 fully saturated rings. The topological polar surface area (TPSA) is 253 Å². The van der Waals surface area contributed by atoms with Crippen molar-refractivity contribution < 1.29 is 62.0 Å². The Hall–Kier alpha value is -1.59. The van der Waals surface area contributed by atoms with Crippen LogP contribution >= 0.6 is 15.6 Å². The summed E-state index contributed by atoms with van der Waals surface area (Å²) in [5.74, 6) is -0.815. The van der Waals surface area contributed by atoms with E-state index in [0.717, 1.165) is 0 Å². The number of aliphatic hydroxyl groups excluding tert-OH is 4. The number of anilines is 1. The van der Waals surface area contributed by atoms with Crippen molar-refractivity contribution in [2.24, 2.45) is 5.92 Å². The molecule has 2 aromatic rings. The first-order chi connectivity index (χ1) is 16.4. The van der Waals surface area contributed by atoms with Gasteiger partial charge in [0.05, 0.1) is 19.3 Å². The molecule has 2 aromatic heterocycles. The molecule has 17 nitrogen and oxygen atoms in total. The standard InChI is InChI=1S/C16H23N5O12P2/c17-14-9-15-19-5-20(14)7-1-6(10(22)11(7)23)2-30-34(26,27)33-35(28,29)31-3-8-12(24)13(25)16(32-8)21(15)4-18-9/h4-8,10-13,16-17,22-25H,1-3H2,(H2,26,27,28,29)/p+1/t6-,7-,8-,10-,11+,12-,13-,16-/m1/s1. The molecule has 5 heterocycles. The smallest absolute Gasteiger partial charge is 0.390 e. The minimum Gasteiger partial charge on any atom is -0.390 e. The number of hydrogen-bond donors (Lipinski definition) is 7. The van der Waals surface area contributed by atoms with Crippen molar-refractivity contribution in [3.05, 3.63) is 12.7 Å². The first-order valence-corrected chi connectivity index (χ1v) is 13.4. The molecule has 0 spiro atoms. The summed E-state index contributed by atoms with van der Waals surface area (Å²) in [5, 5.41) is 41.9. The molecular formula is C16H24N5O12P2+. The predicted molar refractivity (Wildman–Crippen MR) is 110 cm³/mol. The molecular weight excluding hydrogens is 516 g/mol. The normalized spacial score (nSPS) is 44.6. The largest absolute Gasteiger partial charge is 0.481 e. The molecule has 35 heavy (non-hydrogen) atoms. The minimum atomic E-state index is -5.20. The Morgan fingerprint density at radius 3 is 2.40 bits per heavy atom. The highest BCUT2D eigenvalue weighted by Gasteiger charge is 2.49. The van der Waals surface area contributed by atoms with Crippen molar-refractivity contribution in [3.8, 4) is 0 Å². The van der Waals surface area contributed by atoms with Crippen LogP contribution in [0.4, 0.5) is 5.82 Å². The average molecular weight is 540 g/mol. The molecule has 1 saturated heterocycles. The van der Waals surface area contributed by atoms with E-state index in [2.05, 4.69) is 18.8 Å². The summed E-state index contributed by atoms with van der Waals surface area (Å²) < 4.78 is 46.4. The number of phosphoric ester groups is 2. The van der Waals surface area contributed by atoms with E-state index in [9.17, 15) is 39.3 Å². The summed E-state index contributed by atoms with van der Waals surface area (Å²) in [6, 6.07) is -0.828. The van der Waals surface area contributed by atoms with E-state index in [1.165, 1.54) is 21.8 Å². The first kappa shape index (κ1) is 25.1. The van der Waals surface area contributed by atoms with Gasteiger partial charge in [0.1, 0.15) is 36.8 Å². The van der Waals surface area contributed by atoms with Crippen molar-refractivity contribution in [1.82, 2.24) is 14.5 Å². The van der Waals surface area contributed by atoms with Gasteiger partial charge in [-0.25, -0.2) is 18.7 Å². The molecule has 0 amide bonds. The Morgan fingerprint density at radius 2 is 1.69 bits per heavy atom. The lowest BCUT2D eigenvalue weighted by atomic mass is 10.1. The van der Waals surface area contributed by atoms with Crippen molar-refractivity contribution in [2.75, 3.05) is 18.9 Å². The summed E-state index contributed by atoms with van der Waals surface area (Å²) in [6.45, 7) is -1.43. The number of ether oxygens (including phenoxy) is 1. The van der Waals surface area contributed by atoms with Crippen LogP contribution in [-0.2, 0) is 27.2 Å². The number of imidazole rings is 1. The van der Waals surface area contributed by atoms with Gasteiger partial charge >= 0.3 is 15.6 Å². The molecule has 10 atom stereocenters. The van der Waals surface area contributed by atoms with Gasteiger partial charge < -0.3 is 40.7 Å². The monoisotopic (exact) mass is 540 g/mol. The van der Waals surface area contributed by atoms with Crippen LogP contribution in [0, 0.1) is 5.92 Å². The van der Waals surface area contributed by atoms with Gasteiger partial charge in [0, 0.05) is 5.92 Å². The fourth-order valence-corrected chi connectivity index (χ4v) is 6.72. The molecule has 8 N–H and O–H groups in total. The van der Waals surface area contributed by atoms with Crippen molar-refractivity contribution in [3.63, 3.8) is 0 Å². The van der Waals surface area contributed by atoms with Crippen LogP contribution in [0.2, 0.25) is 0 Å².